The first-order valence-electron chi connectivity index (χ1n) is 12.6. The summed E-state index contributed by atoms with van der Waals surface area (Å²) in [6.45, 7) is 5.29. The average molecular weight is 492 g/mol. The van der Waals surface area contributed by atoms with Crippen LogP contribution in [0.4, 0.5) is 5.69 Å². The van der Waals surface area contributed by atoms with Gasteiger partial charge in [0.1, 0.15) is 0 Å². The molecule has 0 spiro atoms. The molecule has 2 heterocycles. The SMILES string of the molecule is Cc1ccc(S(=O)(=O)N2CCCCC2)cc1NC(=O)CC1(CC(=O)N2CCOCC2)CCCC1. The molecule has 2 aliphatic heterocycles. The van der Waals surface area contributed by atoms with Crippen molar-refractivity contribution in [3.8, 4) is 0 Å². The number of amides is 2. The Labute approximate surface area is 203 Å². The molecule has 0 atom stereocenters. The number of benzene rings is 1. The first kappa shape index (κ1) is 25.1. The van der Waals surface area contributed by atoms with Gasteiger partial charge in [-0.25, -0.2) is 8.42 Å². The number of carbonyl (C=O) groups is 2. The van der Waals surface area contributed by atoms with Crippen LogP contribution in [0.3, 0.4) is 0 Å². The third-order valence-corrected chi connectivity index (χ3v) is 9.42. The number of rotatable bonds is 7. The molecule has 3 aliphatic rings. The summed E-state index contributed by atoms with van der Waals surface area (Å²) in [4.78, 5) is 28.1. The van der Waals surface area contributed by atoms with E-state index in [1.165, 1.54) is 4.31 Å². The Bertz CT molecular complexity index is 992. The monoisotopic (exact) mass is 491 g/mol. The van der Waals surface area contributed by atoms with Crippen LogP contribution in [0, 0.1) is 12.3 Å². The number of hydrogen-bond donors (Lipinski definition) is 1. The van der Waals surface area contributed by atoms with Crippen molar-refractivity contribution in [2.45, 2.75) is 69.6 Å². The Hall–Kier alpha value is -1.97. The maximum Gasteiger partial charge on any atom is 0.243 e. The number of ether oxygens (including phenoxy) is 1. The second-order valence-corrected chi connectivity index (χ2v) is 12.0. The van der Waals surface area contributed by atoms with Crippen molar-refractivity contribution in [3.63, 3.8) is 0 Å². The van der Waals surface area contributed by atoms with Gasteiger partial charge in [-0.3, -0.25) is 9.59 Å². The fourth-order valence-electron chi connectivity index (χ4n) is 5.47. The van der Waals surface area contributed by atoms with Crippen LogP contribution in [0.1, 0.15) is 63.4 Å². The summed E-state index contributed by atoms with van der Waals surface area (Å²) < 4.78 is 33.1. The Morgan fingerprint density at radius 2 is 1.65 bits per heavy atom. The Kier molecular flexibility index (Phi) is 7.94. The average Bonchev–Trinajstić information content (AvgIpc) is 3.29. The van der Waals surface area contributed by atoms with Crippen LogP contribution in [0.15, 0.2) is 23.1 Å². The maximum atomic E-state index is 13.1. The van der Waals surface area contributed by atoms with E-state index in [0.29, 0.717) is 51.5 Å². The fourth-order valence-corrected chi connectivity index (χ4v) is 7.02. The number of aryl methyl sites for hydroxylation is 1. The molecule has 2 saturated heterocycles. The smallest absolute Gasteiger partial charge is 0.243 e. The molecule has 0 bridgehead atoms. The van der Waals surface area contributed by atoms with E-state index in [1.807, 2.05) is 11.8 Å². The summed E-state index contributed by atoms with van der Waals surface area (Å²) in [5.41, 5.74) is 1.01. The molecule has 1 aromatic rings. The van der Waals surface area contributed by atoms with Crippen LogP contribution in [0.2, 0.25) is 0 Å². The topological polar surface area (TPSA) is 96.0 Å². The predicted octanol–water partition coefficient (Wildman–Crippen LogP) is 3.31. The highest BCUT2D eigenvalue weighted by molar-refractivity contribution is 7.89. The number of carbonyl (C=O) groups excluding carboxylic acids is 2. The summed E-state index contributed by atoms with van der Waals surface area (Å²) in [6.07, 6.45) is 7.21. The Balaban J connectivity index is 1.45. The van der Waals surface area contributed by atoms with Gasteiger partial charge in [0.2, 0.25) is 21.8 Å². The van der Waals surface area contributed by atoms with E-state index in [2.05, 4.69) is 5.32 Å². The summed E-state index contributed by atoms with van der Waals surface area (Å²) in [6, 6.07) is 4.95. The lowest BCUT2D eigenvalue weighted by Gasteiger charge is -2.33. The van der Waals surface area contributed by atoms with Gasteiger partial charge in [0.05, 0.1) is 18.1 Å². The highest BCUT2D eigenvalue weighted by Gasteiger charge is 2.39. The maximum absolute atomic E-state index is 13.1. The minimum atomic E-state index is -3.58. The highest BCUT2D eigenvalue weighted by Crippen LogP contribution is 2.44. The lowest BCUT2D eigenvalue weighted by molar-refractivity contribution is -0.138. The molecular weight excluding hydrogens is 454 g/mol. The first-order chi connectivity index (χ1) is 16.3. The molecular formula is C25H37N3O5S. The summed E-state index contributed by atoms with van der Waals surface area (Å²) in [5.74, 6) is -0.0592. The van der Waals surface area contributed by atoms with Crippen LogP contribution in [-0.2, 0) is 24.3 Å². The fraction of sp³-hybridized carbons (Fsp3) is 0.680. The van der Waals surface area contributed by atoms with Crippen molar-refractivity contribution in [3.05, 3.63) is 23.8 Å². The summed E-state index contributed by atoms with van der Waals surface area (Å²) in [7, 11) is -3.58. The van der Waals surface area contributed by atoms with Crippen LogP contribution in [0.25, 0.3) is 0 Å². The zero-order valence-corrected chi connectivity index (χ0v) is 21.0. The van der Waals surface area contributed by atoms with Crippen molar-refractivity contribution < 1.29 is 22.7 Å². The number of anilines is 1. The van der Waals surface area contributed by atoms with Crippen LogP contribution in [-0.4, -0.2) is 68.8 Å². The normalized spacial score (nSPS) is 21.4. The van der Waals surface area contributed by atoms with Gasteiger partial charge in [0.15, 0.2) is 0 Å². The van der Waals surface area contributed by atoms with E-state index >= 15 is 0 Å². The molecule has 8 nitrogen and oxygen atoms in total. The van der Waals surface area contributed by atoms with Crippen molar-refractivity contribution in [1.29, 1.82) is 0 Å². The second-order valence-electron chi connectivity index (χ2n) is 10.0. The molecule has 34 heavy (non-hydrogen) atoms. The molecule has 3 fully saturated rings. The van der Waals surface area contributed by atoms with Gasteiger partial charge in [-0.2, -0.15) is 4.31 Å². The van der Waals surface area contributed by atoms with Gasteiger partial charge in [-0.05, 0) is 55.7 Å². The molecule has 0 aromatic heterocycles. The zero-order valence-electron chi connectivity index (χ0n) is 20.2. The summed E-state index contributed by atoms with van der Waals surface area (Å²) >= 11 is 0. The Morgan fingerprint density at radius 3 is 2.32 bits per heavy atom. The second kappa shape index (κ2) is 10.7. The molecule has 1 aliphatic carbocycles. The molecule has 0 radical (unpaired) electrons. The highest BCUT2D eigenvalue weighted by atomic mass is 32.2. The number of morpholine rings is 1. The molecule has 2 amide bonds. The Morgan fingerprint density at radius 1 is 0.971 bits per heavy atom. The largest absolute Gasteiger partial charge is 0.378 e. The molecule has 0 unspecified atom stereocenters. The molecule has 9 heteroatoms. The third kappa shape index (κ3) is 5.80. The minimum Gasteiger partial charge on any atom is -0.378 e. The van der Waals surface area contributed by atoms with Gasteiger partial charge in [-0.1, -0.05) is 25.3 Å². The van der Waals surface area contributed by atoms with E-state index in [9.17, 15) is 18.0 Å². The molecule has 4 rings (SSSR count). The molecule has 1 aromatic carbocycles. The third-order valence-electron chi connectivity index (χ3n) is 7.53. The van der Waals surface area contributed by atoms with E-state index in [4.69, 9.17) is 4.74 Å². The number of piperidine rings is 1. The predicted molar refractivity (Wildman–Crippen MR) is 130 cm³/mol. The van der Waals surface area contributed by atoms with Crippen molar-refractivity contribution >= 4 is 27.5 Å². The standard InChI is InChI=1S/C25H37N3O5S/c1-20-7-8-21(34(31,32)28-11-5-2-6-12-28)17-22(20)26-23(29)18-25(9-3-4-10-25)19-24(30)27-13-15-33-16-14-27/h7-8,17H,2-6,9-16,18-19H2,1H3,(H,26,29). The van der Waals surface area contributed by atoms with Crippen molar-refractivity contribution in [2.24, 2.45) is 5.41 Å². The zero-order chi connectivity index (χ0) is 24.2. The van der Waals surface area contributed by atoms with Crippen LogP contribution >= 0.6 is 0 Å². The lowest BCUT2D eigenvalue weighted by atomic mass is 9.78. The first-order valence-corrected chi connectivity index (χ1v) is 14.0. The quantitative estimate of drug-likeness (QED) is 0.631. The van der Waals surface area contributed by atoms with Gasteiger partial charge in [-0.15, -0.1) is 0 Å². The van der Waals surface area contributed by atoms with Crippen LogP contribution < -0.4 is 5.32 Å². The number of nitrogens with one attached hydrogen (secondary N) is 1. The van der Waals surface area contributed by atoms with E-state index in [-0.39, 0.29) is 28.5 Å². The number of hydrogen-bond acceptors (Lipinski definition) is 5. The molecule has 188 valence electrons. The van der Waals surface area contributed by atoms with E-state index in [1.54, 1.807) is 18.2 Å². The van der Waals surface area contributed by atoms with Crippen molar-refractivity contribution in [2.75, 3.05) is 44.7 Å². The van der Waals surface area contributed by atoms with E-state index < -0.39 is 10.0 Å². The van der Waals surface area contributed by atoms with Gasteiger partial charge >= 0.3 is 0 Å². The molecule has 1 saturated carbocycles. The molecule has 1 N–H and O–H groups in total. The number of nitrogens with zero attached hydrogens (tertiary/aromatic N) is 2. The van der Waals surface area contributed by atoms with Gasteiger partial charge in [0, 0.05) is 44.7 Å². The van der Waals surface area contributed by atoms with Gasteiger partial charge < -0.3 is 15.0 Å². The number of sulfonamides is 1. The van der Waals surface area contributed by atoms with Crippen molar-refractivity contribution in [1.82, 2.24) is 9.21 Å². The van der Waals surface area contributed by atoms with Crippen LogP contribution in [0.5, 0.6) is 0 Å². The minimum absolute atomic E-state index is 0.101. The summed E-state index contributed by atoms with van der Waals surface area (Å²) in [5, 5.41) is 2.96. The lowest BCUT2D eigenvalue weighted by Crippen LogP contribution is -2.43. The van der Waals surface area contributed by atoms with Gasteiger partial charge in [0.25, 0.3) is 0 Å². The van der Waals surface area contributed by atoms with E-state index in [0.717, 1.165) is 50.5 Å².